The van der Waals surface area contributed by atoms with E-state index in [1.54, 1.807) is 17.7 Å². The third-order valence-corrected chi connectivity index (χ3v) is 14.4. The van der Waals surface area contributed by atoms with Crippen molar-refractivity contribution >= 4 is 40.8 Å². The maximum atomic E-state index is 13.4. The molecule has 0 bridgehead atoms. The van der Waals surface area contributed by atoms with Crippen LogP contribution < -0.4 is 33.5 Å². The number of nitrogen functional groups attached to an aromatic ring is 1. The molecule has 0 aliphatic carbocycles. The first-order valence-electron chi connectivity index (χ1n) is 26.5. The summed E-state index contributed by atoms with van der Waals surface area (Å²) in [5.74, 6) is 6.70. The van der Waals surface area contributed by atoms with E-state index in [1.807, 2.05) is 0 Å². The highest BCUT2D eigenvalue weighted by molar-refractivity contribution is 5.92. The Balaban J connectivity index is 1.02. The molecule has 0 radical (unpaired) electrons. The standard InChI is InChI=1S/C52H65N9O24/c1-23(24(15-61-17-26(46(76)57-52(61)80)7-3-5-9-33(66)67)12-13-59-16-25(6-2-4-8-32(64)65)34-44(53)54-22-55-45(34)59)14-60-18-27(47(77)58-51(60)79)10-11-31(63)56-35-39(71)37(69)29(83-48(35)78)20-81-50-43(75)41(73)38(70)30(85-50)21-82-49-42(74)40(72)36(68)28(19-62)84-49/h10-11,16-18,22-24,28-30,35-43,48-50,62,68-75,78H,4-5,8-9,12-15,19-21H2,1H3,(H,56,63)(H,64,65)(H,66,67)(H2,53,54,55)(H,57,76,80)(H,58,77,79)/b11-10+/t23?,24?,28?,29?,30?,35?,36-,37-,38-,39-,40+,41+,42?,43?,48+,49?,50?/m1/s1. The van der Waals surface area contributed by atoms with Crippen LogP contribution in [0.1, 0.15) is 55.7 Å². The van der Waals surface area contributed by atoms with Crippen molar-refractivity contribution in [3.05, 3.63) is 89.4 Å². The largest absolute Gasteiger partial charge is 0.481 e. The molecule has 0 saturated carbocycles. The normalized spacial score (nSPS) is 28.4. The van der Waals surface area contributed by atoms with E-state index in [0.29, 0.717) is 16.6 Å². The monoisotopic (exact) mass is 1200 g/mol. The summed E-state index contributed by atoms with van der Waals surface area (Å²) in [5.41, 5.74) is 3.21. The molecule has 3 saturated heterocycles. The lowest BCUT2D eigenvalue weighted by atomic mass is 9.90. The Bertz CT molecular complexity index is 3430. The number of rotatable bonds is 22. The zero-order valence-electron chi connectivity index (χ0n) is 45.1. The molecule has 3 aliphatic rings. The molecule has 10 unspecified atom stereocenters. The Kier molecular flexibility index (Phi) is 22.2. The van der Waals surface area contributed by atoms with Crippen molar-refractivity contribution in [2.24, 2.45) is 11.8 Å². The molecular weight excluding hydrogens is 1130 g/mol. The number of nitrogens with zero attached hydrogens (tertiary/aromatic N) is 5. The second-order valence-corrected chi connectivity index (χ2v) is 20.4. The van der Waals surface area contributed by atoms with Gasteiger partial charge in [-0.3, -0.25) is 43.1 Å². The third kappa shape index (κ3) is 16.1. The van der Waals surface area contributed by atoms with Gasteiger partial charge in [0.2, 0.25) is 5.91 Å². The lowest BCUT2D eigenvalue weighted by Crippen LogP contribution is -2.65. The second-order valence-electron chi connectivity index (χ2n) is 20.4. The summed E-state index contributed by atoms with van der Waals surface area (Å²) < 4.78 is 31.2. The van der Waals surface area contributed by atoms with Gasteiger partial charge in [-0.15, -0.1) is 0 Å². The predicted octanol–water partition coefficient (Wildman–Crippen LogP) is -7.23. The quantitative estimate of drug-likeness (QED) is 0.0257. The lowest BCUT2D eigenvalue weighted by Gasteiger charge is -2.44. The molecule has 0 spiro atoms. The Labute approximate surface area is 479 Å². The molecule has 462 valence electrons. The van der Waals surface area contributed by atoms with Crippen LogP contribution in [-0.2, 0) is 57.7 Å². The summed E-state index contributed by atoms with van der Waals surface area (Å²) in [7, 11) is 0. The van der Waals surface area contributed by atoms with Crippen molar-refractivity contribution in [3.8, 4) is 23.7 Å². The van der Waals surface area contributed by atoms with Gasteiger partial charge in [0.1, 0.15) is 96.5 Å². The van der Waals surface area contributed by atoms with Crippen molar-refractivity contribution in [1.82, 2.24) is 39.0 Å². The first-order chi connectivity index (χ1) is 40.4. The number of amides is 1. The average Bonchev–Trinajstić information content (AvgIpc) is 2.51. The third-order valence-electron chi connectivity index (χ3n) is 14.4. The van der Waals surface area contributed by atoms with Crippen molar-refractivity contribution in [2.75, 3.05) is 25.6 Å². The molecule has 4 aromatic rings. The van der Waals surface area contributed by atoms with Crippen LogP contribution in [0.2, 0.25) is 0 Å². The number of aliphatic hydroxyl groups excluding tert-OH is 10. The molecular formula is C52H65N9O24. The van der Waals surface area contributed by atoms with E-state index in [1.165, 1.54) is 17.1 Å². The van der Waals surface area contributed by atoms with Crippen molar-refractivity contribution in [2.45, 2.75) is 151 Å². The predicted molar refractivity (Wildman–Crippen MR) is 286 cm³/mol. The minimum atomic E-state index is -2.04. The summed E-state index contributed by atoms with van der Waals surface area (Å²) in [6.45, 7) is -0.531. The molecule has 7 rings (SSSR count). The van der Waals surface area contributed by atoms with Gasteiger partial charge in [0.05, 0.1) is 49.2 Å². The molecule has 7 heterocycles. The summed E-state index contributed by atoms with van der Waals surface area (Å²) in [6.07, 6.45) is -18.1. The Hall–Kier alpha value is -7.55. The van der Waals surface area contributed by atoms with Gasteiger partial charge >= 0.3 is 23.3 Å². The molecule has 4 aromatic heterocycles. The van der Waals surface area contributed by atoms with Crippen LogP contribution in [-0.4, -0.2) is 225 Å². The number of hydrogen-bond acceptors (Lipinski definition) is 25. The number of nitrogens with one attached hydrogen (secondary N) is 3. The SMILES string of the molecule is CC(Cn1cc(/C=C/C(=O)NC2[C@@H](O)[C@H](O)C(COC3OC(COC4OC(CO)[C@@H](O)[C@H](O)C4O)[C@@H](O)[C@H](O)C3O)O[C@@H]2O)c(=O)[nH]c1=O)C(CCn1cc(C#CCCC(=O)O)c2c(N)ncnc21)Cn1cc(C#CCCC(=O)O)c(=O)[nH]c1=O. The van der Waals surface area contributed by atoms with E-state index in [-0.39, 0.29) is 68.7 Å². The molecule has 0 aromatic carbocycles. The van der Waals surface area contributed by atoms with E-state index in [4.69, 9.17) is 39.6 Å². The highest BCUT2D eigenvalue weighted by Gasteiger charge is 2.49. The minimum Gasteiger partial charge on any atom is -0.481 e. The van der Waals surface area contributed by atoms with Gasteiger partial charge in [0.15, 0.2) is 18.9 Å². The van der Waals surface area contributed by atoms with Gasteiger partial charge < -0.3 is 101 Å². The van der Waals surface area contributed by atoms with Crippen LogP contribution in [0.15, 0.2) is 50.2 Å². The van der Waals surface area contributed by atoms with E-state index >= 15 is 0 Å². The van der Waals surface area contributed by atoms with Crippen LogP contribution in [0.4, 0.5) is 5.82 Å². The number of aliphatic carboxylic acids is 2. The Morgan fingerprint density at radius 3 is 1.86 bits per heavy atom. The molecule has 3 fully saturated rings. The highest BCUT2D eigenvalue weighted by atomic mass is 16.7. The van der Waals surface area contributed by atoms with E-state index < -0.39 is 164 Å². The molecule has 33 nitrogen and oxygen atoms in total. The fourth-order valence-corrected chi connectivity index (χ4v) is 9.55. The fourth-order valence-electron chi connectivity index (χ4n) is 9.55. The number of nitrogens with two attached hydrogens (primary N) is 1. The number of aromatic amines is 2. The minimum absolute atomic E-state index is 0.0403. The number of carbonyl (C=O) groups excluding carboxylic acids is 1. The fraction of sp³-hybridized carbons (Fsp3) is 0.558. The highest BCUT2D eigenvalue weighted by Crippen LogP contribution is 2.29. The zero-order valence-corrected chi connectivity index (χ0v) is 45.1. The number of H-pyrrole nitrogens is 2. The lowest BCUT2D eigenvalue weighted by molar-refractivity contribution is -0.337. The number of aliphatic hydroxyl groups is 10. The van der Waals surface area contributed by atoms with E-state index in [0.717, 1.165) is 22.9 Å². The number of anilines is 1. The summed E-state index contributed by atoms with van der Waals surface area (Å²) in [6, 6.07) is -1.72. The molecule has 3 aliphatic heterocycles. The number of fused-ring (bicyclic) bond motifs is 1. The van der Waals surface area contributed by atoms with Crippen LogP contribution in [0, 0.1) is 35.5 Å². The first-order valence-corrected chi connectivity index (χ1v) is 26.5. The first kappa shape index (κ1) is 65.0. The number of ether oxygens (including phenoxy) is 5. The van der Waals surface area contributed by atoms with Crippen molar-refractivity contribution in [1.29, 1.82) is 0 Å². The van der Waals surface area contributed by atoms with Crippen molar-refractivity contribution < 1.29 is 99.3 Å². The summed E-state index contributed by atoms with van der Waals surface area (Å²) in [5, 5.41) is 125. The van der Waals surface area contributed by atoms with E-state index in [2.05, 4.69) is 48.9 Å². The number of carboxylic acid groups (broad SMARTS) is 2. The van der Waals surface area contributed by atoms with Crippen molar-refractivity contribution in [3.63, 3.8) is 0 Å². The number of carboxylic acids is 2. The summed E-state index contributed by atoms with van der Waals surface area (Å²) in [4.78, 5) is 101. The molecule has 17 N–H and O–H groups in total. The number of aryl methyl sites for hydroxylation is 1. The van der Waals surface area contributed by atoms with Gasteiger partial charge in [0.25, 0.3) is 11.1 Å². The van der Waals surface area contributed by atoms with Gasteiger partial charge in [-0.1, -0.05) is 30.6 Å². The molecule has 85 heavy (non-hydrogen) atoms. The molecule has 33 heteroatoms. The van der Waals surface area contributed by atoms with E-state index in [9.17, 15) is 84.6 Å². The average molecular weight is 1200 g/mol. The van der Waals surface area contributed by atoms with Gasteiger partial charge in [0, 0.05) is 57.1 Å². The topological polar surface area (TPSA) is 519 Å². The second kappa shape index (κ2) is 29.0. The van der Waals surface area contributed by atoms with Crippen LogP contribution in [0.25, 0.3) is 17.1 Å². The summed E-state index contributed by atoms with van der Waals surface area (Å²) >= 11 is 0. The van der Waals surface area contributed by atoms with Gasteiger partial charge in [-0.05, 0) is 24.3 Å². The number of carbonyl (C=O) groups is 3. The Morgan fingerprint density at radius 2 is 1.25 bits per heavy atom. The van der Waals surface area contributed by atoms with Crippen LogP contribution in [0.3, 0.4) is 0 Å². The van der Waals surface area contributed by atoms with Crippen LogP contribution >= 0.6 is 0 Å². The smallest absolute Gasteiger partial charge is 0.328 e. The Morgan fingerprint density at radius 1 is 0.706 bits per heavy atom. The molecule has 17 atom stereocenters. The number of hydrogen-bond donors (Lipinski definition) is 16. The van der Waals surface area contributed by atoms with Gasteiger partial charge in [-0.2, -0.15) is 0 Å². The zero-order chi connectivity index (χ0) is 62.0. The van der Waals surface area contributed by atoms with Crippen LogP contribution in [0.5, 0.6) is 0 Å². The number of aromatic nitrogens is 7. The maximum absolute atomic E-state index is 13.4. The molecule has 1 amide bonds. The van der Waals surface area contributed by atoms with Gasteiger partial charge in [-0.25, -0.2) is 19.6 Å². The maximum Gasteiger partial charge on any atom is 0.328 e.